The first-order valence-corrected chi connectivity index (χ1v) is 4.08. The van der Waals surface area contributed by atoms with Crippen LogP contribution in [-0.4, -0.2) is 18.1 Å². The van der Waals surface area contributed by atoms with Crippen LogP contribution < -0.4 is 0 Å². The molecule has 0 unspecified atom stereocenters. The molecule has 0 saturated heterocycles. The van der Waals surface area contributed by atoms with Crippen molar-refractivity contribution in [1.29, 1.82) is 0 Å². The Balaban J connectivity index is 2.90. The molecule has 5 heteroatoms. The van der Waals surface area contributed by atoms with Crippen molar-refractivity contribution >= 4 is 23.6 Å². The van der Waals surface area contributed by atoms with E-state index in [1.165, 1.54) is 19.3 Å². The van der Waals surface area contributed by atoms with Gasteiger partial charge in [-0.15, -0.1) is 0 Å². The lowest BCUT2D eigenvalue weighted by Gasteiger charge is -1.96. The predicted octanol–water partition coefficient (Wildman–Crippen LogP) is 2.06. The van der Waals surface area contributed by atoms with E-state index in [0.717, 1.165) is 12.3 Å². The quantitative estimate of drug-likeness (QED) is 0.431. The first kappa shape index (κ1) is 10.7. The highest BCUT2D eigenvalue weighted by Crippen LogP contribution is 2.13. The number of ether oxygens (including phenoxy) is 1. The van der Waals surface area contributed by atoms with Gasteiger partial charge >= 0.3 is 5.97 Å². The third-order valence-corrected chi connectivity index (χ3v) is 1.66. The summed E-state index contributed by atoms with van der Waals surface area (Å²) in [6.07, 6.45) is 3.36. The van der Waals surface area contributed by atoms with E-state index in [1.807, 2.05) is 0 Å². The van der Waals surface area contributed by atoms with Crippen LogP contribution in [0.2, 0.25) is 5.15 Å². The van der Waals surface area contributed by atoms with Crippen molar-refractivity contribution in [3.05, 3.63) is 34.9 Å². The number of aromatic nitrogens is 1. The van der Waals surface area contributed by atoms with Crippen molar-refractivity contribution < 1.29 is 13.9 Å². The van der Waals surface area contributed by atoms with E-state index in [2.05, 4.69) is 9.72 Å². The molecule has 74 valence electrons. The molecule has 0 aliphatic rings. The van der Waals surface area contributed by atoms with Crippen molar-refractivity contribution in [3.8, 4) is 0 Å². The van der Waals surface area contributed by atoms with Crippen molar-refractivity contribution in [1.82, 2.24) is 4.98 Å². The zero-order chi connectivity index (χ0) is 10.6. The third kappa shape index (κ3) is 2.81. The minimum absolute atomic E-state index is 0.163. The van der Waals surface area contributed by atoms with Crippen LogP contribution in [0.15, 0.2) is 18.3 Å². The number of methoxy groups -OCH3 is 1. The molecule has 0 spiro atoms. The van der Waals surface area contributed by atoms with Gasteiger partial charge in [-0.3, -0.25) is 0 Å². The molecule has 0 aromatic carbocycles. The fourth-order valence-electron chi connectivity index (χ4n) is 0.781. The number of nitrogens with zero attached hydrogens (tertiary/aromatic N) is 1. The lowest BCUT2D eigenvalue weighted by atomic mass is 10.2. The Morgan fingerprint density at radius 1 is 1.71 bits per heavy atom. The highest BCUT2D eigenvalue weighted by atomic mass is 35.5. The largest absolute Gasteiger partial charge is 0.466 e. The molecule has 0 fully saturated rings. The lowest BCUT2D eigenvalue weighted by molar-refractivity contribution is -0.134. The van der Waals surface area contributed by atoms with Crippen molar-refractivity contribution in [2.45, 2.75) is 0 Å². The summed E-state index contributed by atoms with van der Waals surface area (Å²) in [7, 11) is 1.24. The van der Waals surface area contributed by atoms with Crippen LogP contribution in [0, 0.1) is 5.82 Å². The Kier molecular flexibility index (Phi) is 3.59. The van der Waals surface area contributed by atoms with Crippen molar-refractivity contribution in [2.75, 3.05) is 7.11 Å². The van der Waals surface area contributed by atoms with Crippen LogP contribution in [0.4, 0.5) is 4.39 Å². The van der Waals surface area contributed by atoms with Gasteiger partial charge in [-0.1, -0.05) is 11.6 Å². The molecule has 0 bridgehead atoms. The van der Waals surface area contributed by atoms with Crippen LogP contribution >= 0.6 is 11.6 Å². The molecule has 1 heterocycles. The average molecular weight is 216 g/mol. The van der Waals surface area contributed by atoms with E-state index in [4.69, 9.17) is 11.6 Å². The zero-order valence-corrected chi connectivity index (χ0v) is 8.08. The highest BCUT2D eigenvalue weighted by Gasteiger charge is 2.01. The maximum Gasteiger partial charge on any atom is 0.330 e. The van der Waals surface area contributed by atoms with Gasteiger partial charge in [-0.25, -0.2) is 14.2 Å². The molecule has 0 saturated carbocycles. The number of pyridine rings is 1. The summed E-state index contributed by atoms with van der Waals surface area (Å²) in [5, 5.41) is 0.163. The van der Waals surface area contributed by atoms with Crippen LogP contribution in [0.3, 0.4) is 0 Å². The first-order valence-electron chi connectivity index (χ1n) is 3.70. The second-order valence-electron chi connectivity index (χ2n) is 2.39. The molecule has 0 radical (unpaired) electrons. The molecule has 3 nitrogen and oxygen atoms in total. The summed E-state index contributed by atoms with van der Waals surface area (Å²) in [4.78, 5) is 14.2. The Hall–Kier alpha value is -1.42. The number of halogens is 2. The summed E-state index contributed by atoms with van der Waals surface area (Å²) in [5.74, 6) is -1.10. The zero-order valence-electron chi connectivity index (χ0n) is 7.33. The second kappa shape index (κ2) is 4.72. The smallest absolute Gasteiger partial charge is 0.330 e. The minimum atomic E-state index is -0.558. The molecule has 0 amide bonds. The summed E-state index contributed by atoms with van der Waals surface area (Å²) >= 11 is 5.54. The number of hydrogen-bond acceptors (Lipinski definition) is 3. The Labute approximate surface area is 85.2 Å². The van der Waals surface area contributed by atoms with Gasteiger partial charge in [0, 0.05) is 11.6 Å². The SMILES string of the molecule is COC(=O)C=Cc1cc(Cl)ncc1F. The molecule has 1 aromatic heterocycles. The van der Waals surface area contributed by atoms with Crippen LogP contribution in [-0.2, 0) is 9.53 Å². The number of carbonyl (C=O) groups excluding carboxylic acids is 1. The molecule has 1 rings (SSSR count). The van der Waals surface area contributed by atoms with Crippen LogP contribution in [0.1, 0.15) is 5.56 Å². The average Bonchev–Trinajstić information content (AvgIpc) is 2.19. The maximum atomic E-state index is 13.0. The molecule has 14 heavy (non-hydrogen) atoms. The van der Waals surface area contributed by atoms with Gasteiger partial charge in [0.2, 0.25) is 0 Å². The van der Waals surface area contributed by atoms with E-state index >= 15 is 0 Å². The van der Waals surface area contributed by atoms with E-state index in [1.54, 1.807) is 0 Å². The van der Waals surface area contributed by atoms with Crippen molar-refractivity contribution in [2.24, 2.45) is 0 Å². The lowest BCUT2D eigenvalue weighted by Crippen LogP contribution is -1.94. The van der Waals surface area contributed by atoms with Crippen LogP contribution in [0.25, 0.3) is 6.08 Å². The van der Waals surface area contributed by atoms with Gasteiger partial charge in [0.25, 0.3) is 0 Å². The molecule has 0 atom stereocenters. The van der Waals surface area contributed by atoms with Crippen molar-refractivity contribution in [3.63, 3.8) is 0 Å². The monoisotopic (exact) mass is 215 g/mol. The standard InChI is InChI=1S/C9H7ClFNO2/c1-14-9(13)3-2-6-4-8(10)12-5-7(6)11/h2-5H,1H3. The normalized spacial score (nSPS) is 10.5. The third-order valence-electron chi connectivity index (χ3n) is 1.45. The molecular formula is C9H7ClFNO2. The molecule has 0 aliphatic heterocycles. The Morgan fingerprint density at radius 3 is 3.07 bits per heavy atom. The van der Waals surface area contributed by atoms with Gasteiger partial charge in [0.1, 0.15) is 11.0 Å². The summed E-state index contributed by atoms with van der Waals surface area (Å²) in [6, 6.07) is 1.32. The van der Waals surface area contributed by atoms with Gasteiger partial charge in [0.05, 0.1) is 13.3 Å². The number of hydrogen-bond donors (Lipinski definition) is 0. The molecule has 0 N–H and O–H groups in total. The van der Waals surface area contributed by atoms with E-state index in [-0.39, 0.29) is 10.7 Å². The topological polar surface area (TPSA) is 39.2 Å². The number of rotatable bonds is 2. The Morgan fingerprint density at radius 2 is 2.43 bits per heavy atom. The van der Waals surface area contributed by atoms with Gasteiger partial charge in [-0.05, 0) is 12.1 Å². The second-order valence-corrected chi connectivity index (χ2v) is 2.77. The fourth-order valence-corrected chi connectivity index (χ4v) is 0.947. The molecule has 0 aliphatic carbocycles. The molecule has 1 aromatic rings. The van der Waals surface area contributed by atoms with Gasteiger partial charge in [-0.2, -0.15) is 0 Å². The highest BCUT2D eigenvalue weighted by molar-refractivity contribution is 6.29. The van der Waals surface area contributed by atoms with Crippen LogP contribution in [0.5, 0.6) is 0 Å². The number of carbonyl (C=O) groups is 1. The van der Waals surface area contributed by atoms with Gasteiger partial charge in [0.15, 0.2) is 0 Å². The number of esters is 1. The summed E-state index contributed by atoms with van der Waals surface area (Å²) in [5.41, 5.74) is 0.190. The van der Waals surface area contributed by atoms with Gasteiger partial charge < -0.3 is 4.74 Å². The summed E-state index contributed by atoms with van der Waals surface area (Å²) in [6.45, 7) is 0. The first-order chi connectivity index (χ1) is 6.63. The summed E-state index contributed by atoms with van der Waals surface area (Å²) < 4.78 is 17.3. The minimum Gasteiger partial charge on any atom is -0.466 e. The van der Waals surface area contributed by atoms with E-state index < -0.39 is 11.8 Å². The van der Waals surface area contributed by atoms with E-state index in [0.29, 0.717) is 0 Å². The predicted molar refractivity (Wildman–Crippen MR) is 50.3 cm³/mol. The van der Waals surface area contributed by atoms with E-state index in [9.17, 15) is 9.18 Å². The maximum absolute atomic E-state index is 13.0. The molecular weight excluding hydrogens is 209 g/mol. The Bertz CT molecular complexity index is 379. The fraction of sp³-hybridized carbons (Fsp3) is 0.111.